The molecule has 0 bridgehead atoms. The van der Waals surface area contributed by atoms with Gasteiger partial charge in [0.2, 0.25) is 0 Å². The van der Waals surface area contributed by atoms with Crippen LogP contribution in [0, 0.1) is 5.82 Å². The van der Waals surface area contributed by atoms with Crippen molar-refractivity contribution in [2.24, 2.45) is 5.73 Å². The lowest BCUT2D eigenvalue weighted by molar-refractivity contribution is 0.628. The zero-order chi connectivity index (χ0) is 11.4. The molecule has 0 amide bonds. The van der Waals surface area contributed by atoms with Gasteiger partial charge in [-0.05, 0) is 12.1 Å². The highest BCUT2D eigenvalue weighted by atomic mass is 19.1. The van der Waals surface area contributed by atoms with Crippen molar-refractivity contribution in [2.75, 3.05) is 18.4 Å². The van der Waals surface area contributed by atoms with Crippen LogP contribution in [-0.4, -0.2) is 23.3 Å². The molecule has 4 nitrogen and oxygen atoms in total. The molecule has 0 spiro atoms. The number of nitrogens with one attached hydrogen (secondary N) is 2. The van der Waals surface area contributed by atoms with Gasteiger partial charge < -0.3 is 11.1 Å². The van der Waals surface area contributed by atoms with E-state index in [2.05, 4.69) is 15.5 Å². The lowest BCUT2D eigenvalue weighted by Gasteiger charge is -2.05. The first-order valence-electron chi connectivity index (χ1n) is 5.04. The largest absolute Gasteiger partial charge is 0.381 e. The standard InChI is InChI=1S/C11H13FN4/c12-9-3-1-2-8(6-9)11-10(7-15-16-11)14-5-4-13/h1-3,6-7,14H,4-5,13H2,(H,15,16). The monoisotopic (exact) mass is 220 g/mol. The van der Waals surface area contributed by atoms with E-state index in [1.165, 1.54) is 12.1 Å². The predicted molar refractivity (Wildman–Crippen MR) is 61.5 cm³/mol. The highest BCUT2D eigenvalue weighted by Gasteiger charge is 2.07. The Morgan fingerprint density at radius 2 is 2.31 bits per heavy atom. The Kier molecular flexibility index (Phi) is 3.16. The number of rotatable bonds is 4. The Hall–Kier alpha value is -1.88. The van der Waals surface area contributed by atoms with E-state index in [4.69, 9.17) is 5.73 Å². The fourth-order valence-electron chi connectivity index (χ4n) is 1.49. The summed E-state index contributed by atoms with van der Waals surface area (Å²) in [5.41, 5.74) is 7.77. The van der Waals surface area contributed by atoms with Gasteiger partial charge in [-0.2, -0.15) is 5.10 Å². The van der Waals surface area contributed by atoms with Crippen LogP contribution in [-0.2, 0) is 0 Å². The van der Waals surface area contributed by atoms with Crippen LogP contribution in [0.5, 0.6) is 0 Å². The third-order valence-corrected chi connectivity index (χ3v) is 2.21. The van der Waals surface area contributed by atoms with Crippen molar-refractivity contribution in [2.45, 2.75) is 0 Å². The number of hydrogen-bond donors (Lipinski definition) is 3. The van der Waals surface area contributed by atoms with Gasteiger partial charge in [-0.3, -0.25) is 5.10 Å². The SMILES string of the molecule is NCCNc1cn[nH]c1-c1cccc(F)c1. The number of aromatic nitrogens is 2. The van der Waals surface area contributed by atoms with Crippen molar-refractivity contribution in [3.8, 4) is 11.3 Å². The number of nitrogens with zero attached hydrogens (tertiary/aromatic N) is 1. The molecule has 5 heteroatoms. The van der Waals surface area contributed by atoms with Crippen LogP contribution in [0.4, 0.5) is 10.1 Å². The second-order valence-corrected chi connectivity index (χ2v) is 3.38. The molecule has 0 fully saturated rings. The second kappa shape index (κ2) is 4.76. The van der Waals surface area contributed by atoms with Crippen molar-refractivity contribution in [3.63, 3.8) is 0 Å². The first kappa shape index (κ1) is 10.6. The Bertz CT molecular complexity index is 467. The van der Waals surface area contributed by atoms with E-state index < -0.39 is 0 Å². The van der Waals surface area contributed by atoms with Gasteiger partial charge in [-0.15, -0.1) is 0 Å². The number of halogens is 1. The number of hydrogen-bond acceptors (Lipinski definition) is 3. The van der Waals surface area contributed by atoms with Crippen LogP contribution in [0.2, 0.25) is 0 Å². The molecule has 0 saturated carbocycles. The Labute approximate surface area is 92.7 Å². The molecule has 0 radical (unpaired) electrons. The van der Waals surface area contributed by atoms with E-state index in [1.807, 2.05) is 6.07 Å². The maximum atomic E-state index is 13.1. The smallest absolute Gasteiger partial charge is 0.123 e. The van der Waals surface area contributed by atoms with Crippen LogP contribution < -0.4 is 11.1 Å². The van der Waals surface area contributed by atoms with E-state index >= 15 is 0 Å². The van der Waals surface area contributed by atoms with Crippen LogP contribution in [0.1, 0.15) is 0 Å². The summed E-state index contributed by atoms with van der Waals surface area (Å²) in [6.07, 6.45) is 1.66. The quantitative estimate of drug-likeness (QED) is 0.733. The molecule has 1 heterocycles. The Morgan fingerprint density at radius 3 is 3.06 bits per heavy atom. The van der Waals surface area contributed by atoms with Crippen LogP contribution in [0.15, 0.2) is 30.5 Å². The highest BCUT2D eigenvalue weighted by molar-refractivity contribution is 5.73. The summed E-state index contributed by atoms with van der Waals surface area (Å²) in [5, 5.41) is 9.89. The summed E-state index contributed by atoms with van der Waals surface area (Å²) in [7, 11) is 0. The molecule has 84 valence electrons. The van der Waals surface area contributed by atoms with Crippen LogP contribution >= 0.6 is 0 Å². The molecule has 0 aliphatic rings. The van der Waals surface area contributed by atoms with E-state index in [1.54, 1.807) is 12.3 Å². The van der Waals surface area contributed by atoms with Gasteiger partial charge in [-0.25, -0.2) is 4.39 Å². The van der Waals surface area contributed by atoms with E-state index in [9.17, 15) is 4.39 Å². The van der Waals surface area contributed by atoms with Crippen LogP contribution in [0.3, 0.4) is 0 Å². The number of nitrogens with two attached hydrogens (primary N) is 1. The van der Waals surface area contributed by atoms with Gasteiger partial charge in [0.05, 0.1) is 17.6 Å². The molecule has 0 aliphatic heterocycles. The van der Waals surface area contributed by atoms with Crippen molar-refractivity contribution >= 4 is 5.69 Å². The van der Waals surface area contributed by atoms with Gasteiger partial charge >= 0.3 is 0 Å². The van der Waals surface area contributed by atoms with Crippen molar-refractivity contribution in [1.29, 1.82) is 0 Å². The Morgan fingerprint density at radius 1 is 1.44 bits per heavy atom. The molecule has 0 unspecified atom stereocenters. The zero-order valence-corrected chi connectivity index (χ0v) is 8.70. The maximum Gasteiger partial charge on any atom is 0.123 e. The van der Waals surface area contributed by atoms with Crippen molar-refractivity contribution in [3.05, 3.63) is 36.3 Å². The fourth-order valence-corrected chi connectivity index (χ4v) is 1.49. The van der Waals surface area contributed by atoms with E-state index in [-0.39, 0.29) is 5.82 Å². The molecule has 2 aromatic rings. The zero-order valence-electron chi connectivity index (χ0n) is 8.70. The van der Waals surface area contributed by atoms with E-state index in [0.717, 1.165) is 16.9 Å². The van der Waals surface area contributed by atoms with Crippen molar-refractivity contribution in [1.82, 2.24) is 10.2 Å². The minimum absolute atomic E-state index is 0.267. The number of anilines is 1. The number of benzene rings is 1. The summed E-state index contributed by atoms with van der Waals surface area (Å²) in [4.78, 5) is 0. The lowest BCUT2D eigenvalue weighted by atomic mass is 10.1. The minimum atomic E-state index is -0.267. The molecular weight excluding hydrogens is 207 g/mol. The van der Waals surface area contributed by atoms with Gasteiger partial charge in [0.15, 0.2) is 0 Å². The Balaban J connectivity index is 2.29. The second-order valence-electron chi connectivity index (χ2n) is 3.38. The maximum absolute atomic E-state index is 13.1. The highest BCUT2D eigenvalue weighted by Crippen LogP contribution is 2.25. The summed E-state index contributed by atoms with van der Waals surface area (Å²) in [6.45, 7) is 1.19. The minimum Gasteiger partial charge on any atom is -0.381 e. The molecular formula is C11H13FN4. The van der Waals surface area contributed by atoms with Gasteiger partial charge in [0, 0.05) is 18.7 Å². The van der Waals surface area contributed by atoms with Gasteiger partial charge in [0.1, 0.15) is 5.82 Å². The number of aromatic amines is 1. The molecule has 1 aromatic carbocycles. The average Bonchev–Trinajstić information content (AvgIpc) is 2.74. The topological polar surface area (TPSA) is 66.7 Å². The van der Waals surface area contributed by atoms with Crippen molar-refractivity contribution < 1.29 is 4.39 Å². The summed E-state index contributed by atoms with van der Waals surface area (Å²) < 4.78 is 13.1. The van der Waals surface area contributed by atoms with Gasteiger partial charge in [-0.1, -0.05) is 12.1 Å². The molecule has 0 saturated heterocycles. The molecule has 16 heavy (non-hydrogen) atoms. The summed E-state index contributed by atoms with van der Waals surface area (Å²) in [6, 6.07) is 6.36. The summed E-state index contributed by atoms with van der Waals surface area (Å²) >= 11 is 0. The molecule has 2 rings (SSSR count). The predicted octanol–water partition coefficient (Wildman–Crippen LogP) is 1.59. The third-order valence-electron chi connectivity index (χ3n) is 2.21. The lowest BCUT2D eigenvalue weighted by Crippen LogP contribution is -2.13. The molecule has 0 atom stereocenters. The number of H-pyrrole nitrogens is 1. The first-order chi connectivity index (χ1) is 7.81. The van der Waals surface area contributed by atoms with Crippen LogP contribution in [0.25, 0.3) is 11.3 Å². The first-order valence-corrected chi connectivity index (χ1v) is 5.04. The molecule has 4 N–H and O–H groups in total. The molecule has 0 aliphatic carbocycles. The summed E-state index contributed by atoms with van der Waals surface area (Å²) in [5.74, 6) is -0.267. The normalized spacial score (nSPS) is 10.4. The molecule has 1 aromatic heterocycles. The van der Waals surface area contributed by atoms with E-state index in [0.29, 0.717) is 13.1 Å². The fraction of sp³-hybridized carbons (Fsp3) is 0.182. The third kappa shape index (κ3) is 2.20. The van der Waals surface area contributed by atoms with Gasteiger partial charge in [0.25, 0.3) is 0 Å². The average molecular weight is 220 g/mol.